The molecule has 1 aromatic heterocycles. The van der Waals surface area contributed by atoms with Gasteiger partial charge in [-0.1, -0.05) is 61.0 Å². The van der Waals surface area contributed by atoms with Crippen LogP contribution < -0.4 is 0 Å². The van der Waals surface area contributed by atoms with Gasteiger partial charge in [-0.15, -0.1) is 0 Å². The Hall–Kier alpha value is -3.14. The van der Waals surface area contributed by atoms with Crippen molar-refractivity contribution in [1.29, 1.82) is 0 Å². The molecule has 132 valence electrons. The highest BCUT2D eigenvalue weighted by molar-refractivity contribution is 6.00. The minimum atomic E-state index is -1.07. The van der Waals surface area contributed by atoms with Gasteiger partial charge in [0.1, 0.15) is 0 Å². The lowest BCUT2D eigenvalue weighted by atomic mass is 10.0. The molecule has 0 unspecified atom stereocenters. The lowest BCUT2D eigenvalue weighted by molar-refractivity contribution is 0.0692. The summed E-state index contributed by atoms with van der Waals surface area (Å²) in [5.74, 6) is -1.07. The molecule has 0 atom stereocenters. The van der Waals surface area contributed by atoms with Crippen LogP contribution in [0.25, 0.3) is 11.3 Å². The number of hydrogen-bond acceptors (Lipinski definition) is 2. The molecule has 26 heavy (non-hydrogen) atoms. The number of aldehydes is 1. The molecule has 3 rings (SSSR count). The molecule has 0 radical (unpaired) electrons. The molecule has 0 aliphatic rings. The van der Waals surface area contributed by atoms with Crippen LogP contribution in [0, 0.1) is 6.92 Å². The summed E-state index contributed by atoms with van der Waals surface area (Å²) in [4.78, 5) is 23.7. The van der Waals surface area contributed by atoms with E-state index in [0.717, 1.165) is 22.4 Å². The highest BCUT2D eigenvalue weighted by Crippen LogP contribution is 2.33. The number of nitrogens with zero attached hydrogens (tertiary/aromatic N) is 1. The van der Waals surface area contributed by atoms with Gasteiger partial charge in [-0.2, -0.15) is 0 Å². The van der Waals surface area contributed by atoms with E-state index in [4.69, 9.17) is 0 Å². The molecule has 0 fully saturated rings. The maximum atomic E-state index is 11.9. The van der Waals surface area contributed by atoms with Crippen molar-refractivity contribution in [3.63, 3.8) is 0 Å². The summed E-state index contributed by atoms with van der Waals surface area (Å²) in [6.45, 7) is 4.36. The van der Waals surface area contributed by atoms with Gasteiger partial charge in [-0.3, -0.25) is 4.79 Å². The summed E-state index contributed by atoms with van der Waals surface area (Å²) in [6, 6.07) is 17.7. The molecule has 0 bridgehead atoms. The van der Waals surface area contributed by atoms with Gasteiger partial charge >= 0.3 is 5.97 Å². The maximum absolute atomic E-state index is 11.9. The predicted octanol–water partition coefficient (Wildman–Crippen LogP) is 4.58. The summed E-state index contributed by atoms with van der Waals surface area (Å²) in [6.07, 6.45) is 1.19. The molecule has 4 nitrogen and oxygen atoms in total. The molecule has 0 aliphatic heterocycles. The summed E-state index contributed by atoms with van der Waals surface area (Å²) < 4.78 is 1.83. The van der Waals surface area contributed by atoms with E-state index in [0.29, 0.717) is 24.8 Å². The summed E-state index contributed by atoms with van der Waals surface area (Å²) in [7, 11) is 0. The smallest absolute Gasteiger partial charge is 0.338 e. The van der Waals surface area contributed by atoms with E-state index in [1.165, 1.54) is 0 Å². The van der Waals surface area contributed by atoms with Crippen molar-refractivity contribution in [3.8, 4) is 11.3 Å². The zero-order valence-electron chi connectivity index (χ0n) is 14.9. The molecule has 1 N–H and O–H groups in total. The number of benzene rings is 2. The number of aromatic carboxylic acids is 1. The highest BCUT2D eigenvalue weighted by atomic mass is 16.4. The number of aromatic nitrogens is 1. The molecule has 1 heterocycles. The Labute approximate surface area is 152 Å². The van der Waals surface area contributed by atoms with Gasteiger partial charge in [0, 0.05) is 6.54 Å². The highest BCUT2D eigenvalue weighted by Gasteiger charge is 2.26. The Balaban J connectivity index is 2.32. The lowest BCUT2D eigenvalue weighted by Gasteiger charge is -2.13. The van der Waals surface area contributed by atoms with Crippen LogP contribution in [0.3, 0.4) is 0 Å². The van der Waals surface area contributed by atoms with Crippen molar-refractivity contribution in [2.24, 2.45) is 0 Å². The molecular formula is C22H21NO3. The first-order chi connectivity index (χ1) is 12.6. The van der Waals surface area contributed by atoms with Crippen molar-refractivity contribution in [2.75, 3.05) is 0 Å². The van der Waals surface area contributed by atoms with E-state index in [2.05, 4.69) is 0 Å². The van der Waals surface area contributed by atoms with Crippen molar-refractivity contribution in [1.82, 2.24) is 4.57 Å². The largest absolute Gasteiger partial charge is 0.478 e. The fourth-order valence-corrected chi connectivity index (χ4v) is 3.45. The first kappa shape index (κ1) is 17.7. The van der Waals surface area contributed by atoms with E-state index in [1.807, 2.05) is 73.0 Å². The molecule has 3 aromatic rings. The first-order valence-electron chi connectivity index (χ1n) is 8.61. The third kappa shape index (κ3) is 3.18. The summed E-state index contributed by atoms with van der Waals surface area (Å²) in [5, 5.41) is 9.74. The number of rotatable bonds is 6. The Morgan fingerprint density at radius 3 is 2.42 bits per heavy atom. The first-order valence-corrected chi connectivity index (χ1v) is 8.61. The van der Waals surface area contributed by atoms with E-state index < -0.39 is 5.97 Å². The fourth-order valence-electron chi connectivity index (χ4n) is 3.45. The van der Waals surface area contributed by atoms with Crippen molar-refractivity contribution in [3.05, 3.63) is 82.5 Å². The second-order valence-corrected chi connectivity index (χ2v) is 6.31. The fraction of sp³-hybridized carbons (Fsp3) is 0.182. The number of carbonyl (C=O) groups is 2. The summed E-state index contributed by atoms with van der Waals surface area (Å²) in [5.41, 5.74) is 4.85. The molecule has 0 saturated heterocycles. The Morgan fingerprint density at radius 2 is 1.85 bits per heavy atom. The average Bonchev–Trinajstić information content (AvgIpc) is 2.96. The van der Waals surface area contributed by atoms with Crippen LogP contribution >= 0.6 is 0 Å². The third-order valence-corrected chi connectivity index (χ3v) is 4.56. The Kier molecular flexibility index (Phi) is 5.03. The number of aryl methyl sites for hydroxylation is 1. The SMILES string of the molecule is CCc1c(C(=O)O)c(C=O)n(Cc2ccccc2)c1-c1cccc(C)c1. The standard InChI is InChI=1S/C22H21NO3/c1-3-18-20(22(25)26)19(14-24)23(13-16-9-5-4-6-10-16)21(18)17-11-7-8-15(2)12-17/h4-12,14H,3,13H2,1-2H3,(H,25,26). The second-order valence-electron chi connectivity index (χ2n) is 6.31. The quantitative estimate of drug-likeness (QED) is 0.664. The maximum Gasteiger partial charge on any atom is 0.338 e. The zero-order valence-corrected chi connectivity index (χ0v) is 14.9. The van der Waals surface area contributed by atoms with Crippen molar-refractivity contribution < 1.29 is 14.7 Å². The van der Waals surface area contributed by atoms with Gasteiger partial charge in [0.2, 0.25) is 0 Å². The summed E-state index contributed by atoms with van der Waals surface area (Å²) >= 11 is 0. The topological polar surface area (TPSA) is 59.3 Å². The van der Waals surface area contributed by atoms with Gasteiger partial charge in [0.05, 0.1) is 17.0 Å². The number of hydrogen-bond donors (Lipinski definition) is 1. The van der Waals surface area contributed by atoms with Gasteiger partial charge in [-0.25, -0.2) is 4.79 Å². The van der Waals surface area contributed by atoms with Crippen LogP contribution in [0.15, 0.2) is 54.6 Å². The van der Waals surface area contributed by atoms with Crippen molar-refractivity contribution in [2.45, 2.75) is 26.8 Å². The third-order valence-electron chi connectivity index (χ3n) is 4.56. The number of carboxylic acid groups (broad SMARTS) is 1. The molecule has 0 spiro atoms. The van der Waals surface area contributed by atoms with Crippen LogP contribution in [-0.4, -0.2) is 21.9 Å². The Bertz CT molecular complexity index is 955. The van der Waals surface area contributed by atoms with Crippen LogP contribution in [-0.2, 0) is 13.0 Å². The molecular weight excluding hydrogens is 326 g/mol. The van der Waals surface area contributed by atoms with Gasteiger partial charge < -0.3 is 9.67 Å². The van der Waals surface area contributed by atoms with E-state index in [-0.39, 0.29) is 11.3 Å². The van der Waals surface area contributed by atoms with Crippen LogP contribution in [0.2, 0.25) is 0 Å². The minimum absolute atomic E-state index is 0.106. The van der Waals surface area contributed by atoms with E-state index >= 15 is 0 Å². The van der Waals surface area contributed by atoms with Crippen molar-refractivity contribution >= 4 is 12.3 Å². The van der Waals surface area contributed by atoms with Crippen LogP contribution in [0.1, 0.15) is 44.5 Å². The second kappa shape index (κ2) is 7.40. The molecule has 4 heteroatoms. The van der Waals surface area contributed by atoms with E-state index in [9.17, 15) is 14.7 Å². The normalized spacial score (nSPS) is 10.7. The predicted molar refractivity (Wildman–Crippen MR) is 102 cm³/mol. The molecule has 0 amide bonds. The van der Waals surface area contributed by atoms with Gasteiger partial charge in [-0.05, 0) is 36.1 Å². The number of carbonyl (C=O) groups excluding carboxylic acids is 1. The monoisotopic (exact) mass is 347 g/mol. The number of carboxylic acids is 1. The van der Waals surface area contributed by atoms with Crippen LogP contribution in [0.4, 0.5) is 0 Å². The zero-order chi connectivity index (χ0) is 18.7. The van der Waals surface area contributed by atoms with Gasteiger partial charge in [0.15, 0.2) is 6.29 Å². The molecule has 0 aliphatic carbocycles. The lowest BCUT2D eigenvalue weighted by Crippen LogP contribution is -2.08. The minimum Gasteiger partial charge on any atom is -0.478 e. The average molecular weight is 347 g/mol. The molecule has 0 saturated carbocycles. The Morgan fingerprint density at radius 1 is 1.12 bits per heavy atom. The van der Waals surface area contributed by atoms with E-state index in [1.54, 1.807) is 0 Å². The molecule has 2 aromatic carbocycles. The van der Waals surface area contributed by atoms with Gasteiger partial charge in [0.25, 0.3) is 0 Å². The van der Waals surface area contributed by atoms with Crippen LogP contribution in [0.5, 0.6) is 0 Å².